The van der Waals surface area contributed by atoms with Crippen LogP contribution < -0.4 is 39.4 Å². The van der Waals surface area contributed by atoms with Crippen LogP contribution >= 0.6 is 0 Å². The van der Waals surface area contributed by atoms with Gasteiger partial charge in [-0.2, -0.15) is 8.42 Å². The summed E-state index contributed by atoms with van der Waals surface area (Å²) < 4.78 is 38.5. The largest absolute Gasteiger partial charge is 1.00 e. The van der Waals surface area contributed by atoms with Gasteiger partial charge in [0.15, 0.2) is 5.75 Å². The number of rotatable bonds is 9. The molecule has 0 aromatic heterocycles. The van der Waals surface area contributed by atoms with Gasteiger partial charge < -0.3 is 9.84 Å². The van der Waals surface area contributed by atoms with Crippen LogP contribution in [-0.2, 0) is 16.5 Å². The molecular weight excluding hydrogens is 363 g/mol. The Balaban J connectivity index is 0.00000338. The molecule has 1 N–H and O–H groups in total. The molecule has 0 aliphatic rings. The van der Waals surface area contributed by atoms with Crippen LogP contribution in [0.3, 0.4) is 0 Å². The van der Waals surface area contributed by atoms with Gasteiger partial charge in [-0.15, -0.1) is 0 Å². The van der Waals surface area contributed by atoms with E-state index in [1.807, 2.05) is 0 Å². The predicted molar refractivity (Wildman–Crippen MR) is 94.7 cm³/mol. The summed E-state index contributed by atoms with van der Waals surface area (Å²) in [5, 5.41) is 11.9. The van der Waals surface area contributed by atoms with Crippen molar-refractivity contribution in [1.82, 2.24) is 0 Å². The quantitative estimate of drug-likeness (QED) is 0.399. The number of hydrogen-bond donors (Lipinski definition) is 1. The van der Waals surface area contributed by atoms with Gasteiger partial charge in [0.1, 0.15) is 10.6 Å². The van der Waals surface area contributed by atoms with E-state index in [1.54, 1.807) is 24.3 Å². The number of para-hydroxylation sites is 3. The summed E-state index contributed by atoms with van der Waals surface area (Å²) >= 11 is 0. The molecule has 0 atom stereocenters. The molecule has 0 aliphatic heterocycles. The third-order valence-corrected chi connectivity index (χ3v) is 4.83. The first-order chi connectivity index (χ1) is 11.9. The van der Waals surface area contributed by atoms with E-state index in [2.05, 4.69) is 6.92 Å². The molecule has 0 aliphatic carbocycles. The second-order valence-corrected chi connectivity index (χ2v) is 7.32. The molecule has 0 saturated carbocycles. The third-order valence-electron chi connectivity index (χ3n) is 3.95. The molecule has 136 valence electrons. The molecule has 5 nitrogen and oxygen atoms in total. The zero-order valence-electron chi connectivity index (χ0n) is 15.3. The number of benzene rings is 2. The van der Waals surface area contributed by atoms with Crippen LogP contribution in [0.4, 0.5) is 0 Å². The molecule has 0 bridgehead atoms. The van der Waals surface area contributed by atoms with Crippen LogP contribution in [0, 0.1) is 0 Å². The number of aryl methyl sites for hydroxylation is 1. The first-order valence-electron chi connectivity index (χ1n) is 8.46. The number of ether oxygens (including phenoxy) is 1. The molecule has 0 saturated heterocycles. The first-order valence-corrected chi connectivity index (χ1v) is 9.90. The van der Waals surface area contributed by atoms with E-state index >= 15 is 0 Å². The van der Waals surface area contributed by atoms with Gasteiger partial charge in [-0.25, -0.2) is 0 Å². The van der Waals surface area contributed by atoms with Crippen LogP contribution in [0.15, 0.2) is 47.4 Å². The molecule has 0 fully saturated rings. The normalized spacial score (nSPS) is 11.0. The molecule has 0 amide bonds. The van der Waals surface area contributed by atoms with E-state index in [4.69, 9.17) is 4.74 Å². The van der Waals surface area contributed by atoms with Crippen LogP contribution in [0.1, 0.15) is 44.6 Å². The number of unbranched alkanes of at least 4 members (excludes halogenated alkanes) is 4. The summed E-state index contributed by atoms with van der Waals surface area (Å²) in [6.45, 7) is 2.14. The molecule has 0 heterocycles. The van der Waals surface area contributed by atoms with Crippen molar-refractivity contribution >= 4 is 10.1 Å². The van der Waals surface area contributed by atoms with Crippen molar-refractivity contribution in [2.24, 2.45) is 0 Å². The molecule has 0 radical (unpaired) electrons. The first kappa shape index (κ1) is 23.0. The van der Waals surface area contributed by atoms with Crippen molar-refractivity contribution < 1.29 is 52.4 Å². The molecule has 2 aromatic carbocycles. The maximum absolute atomic E-state index is 11.9. The summed E-state index contributed by atoms with van der Waals surface area (Å²) in [7, 11) is -4.46. The fraction of sp³-hybridized carbons (Fsp3) is 0.368. The van der Waals surface area contributed by atoms with E-state index in [-0.39, 0.29) is 51.7 Å². The second kappa shape index (κ2) is 10.9. The van der Waals surface area contributed by atoms with Gasteiger partial charge in [0.2, 0.25) is 0 Å². The van der Waals surface area contributed by atoms with E-state index in [0.717, 1.165) is 32.1 Å². The number of hydrogen-bond acceptors (Lipinski definition) is 4. The van der Waals surface area contributed by atoms with Crippen molar-refractivity contribution in [3.8, 4) is 17.2 Å². The fourth-order valence-corrected chi connectivity index (χ4v) is 3.30. The molecule has 7 heteroatoms. The van der Waals surface area contributed by atoms with Crippen molar-refractivity contribution in [2.45, 2.75) is 50.3 Å². The molecular formula is C19H23NaO5S. The minimum atomic E-state index is -4.46. The van der Waals surface area contributed by atoms with Crippen LogP contribution in [0.5, 0.6) is 17.2 Å². The van der Waals surface area contributed by atoms with Crippen molar-refractivity contribution in [2.75, 3.05) is 0 Å². The Kier molecular flexibility index (Phi) is 9.68. The zero-order chi connectivity index (χ0) is 18.3. The summed E-state index contributed by atoms with van der Waals surface area (Å²) in [4.78, 5) is -0.318. The van der Waals surface area contributed by atoms with Crippen LogP contribution in [0.25, 0.3) is 0 Å². The molecule has 26 heavy (non-hydrogen) atoms. The maximum atomic E-state index is 11.9. The Morgan fingerprint density at radius 2 is 1.69 bits per heavy atom. The Labute approximate surface area is 177 Å². The fourth-order valence-electron chi connectivity index (χ4n) is 2.64. The van der Waals surface area contributed by atoms with E-state index in [0.29, 0.717) is 12.0 Å². The van der Waals surface area contributed by atoms with Crippen LogP contribution in [-0.4, -0.2) is 13.0 Å². The van der Waals surface area contributed by atoms with Crippen molar-refractivity contribution in [3.63, 3.8) is 0 Å². The SMILES string of the molecule is CCCCCCCc1cccc(S(=O)(=O)O)c1Oc1ccccc1[O-].[Na+]. The van der Waals surface area contributed by atoms with Gasteiger partial charge in [-0.3, -0.25) is 4.55 Å². The Morgan fingerprint density at radius 3 is 2.35 bits per heavy atom. The van der Waals surface area contributed by atoms with Gasteiger partial charge in [0.05, 0.1) is 0 Å². The van der Waals surface area contributed by atoms with Gasteiger partial charge in [-0.05, 0) is 30.5 Å². The minimum absolute atomic E-state index is 0. The molecule has 2 aromatic rings. The Bertz CT molecular complexity index is 805. The molecule has 2 rings (SSSR count). The molecule has 0 unspecified atom stereocenters. The summed E-state index contributed by atoms with van der Waals surface area (Å²) in [5.74, 6) is -0.281. The van der Waals surface area contributed by atoms with E-state index in [1.165, 1.54) is 18.2 Å². The average Bonchev–Trinajstić information content (AvgIpc) is 2.57. The Morgan fingerprint density at radius 1 is 1.00 bits per heavy atom. The maximum Gasteiger partial charge on any atom is 1.00 e. The second-order valence-electron chi connectivity index (χ2n) is 5.93. The third kappa shape index (κ3) is 6.59. The monoisotopic (exact) mass is 386 g/mol. The standard InChI is InChI=1S/C19H24O5S.Na/c1-2-3-4-5-6-10-15-11-9-14-18(25(21,22)23)19(15)24-17-13-8-7-12-16(17)20;/h7-9,11-14,20H,2-6,10H2,1H3,(H,21,22,23);/q;+1/p-1. The van der Waals surface area contributed by atoms with Gasteiger partial charge in [-0.1, -0.05) is 68.7 Å². The van der Waals surface area contributed by atoms with Gasteiger partial charge in [0.25, 0.3) is 10.1 Å². The van der Waals surface area contributed by atoms with Gasteiger partial charge >= 0.3 is 29.6 Å². The van der Waals surface area contributed by atoms with Gasteiger partial charge in [0, 0.05) is 0 Å². The summed E-state index contributed by atoms with van der Waals surface area (Å²) in [6.07, 6.45) is 5.95. The van der Waals surface area contributed by atoms with E-state index in [9.17, 15) is 18.1 Å². The smallest absolute Gasteiger partial charge is 0.870 e. The van der Waals surface area contributed by atoms with E-state index < -0.39 is 10.1 Å². The van der Waals surface area contributed by atoms with Crippen molar-refractivity contribution in [3.05, 3.63) is 48.0 Å². The average molecular weight is 386 g/mol. The van der Waals surface area contributed by atoms with Crippen molar-refractivity contribution in [1.29, 1.82) is 0 Å². The predicted octanol–water partition coefficient (Wildman–Crippen LogP) is 1.32. The minimum Gasteiger partial charge on any atom is -0.870 e. The summed E-state index contributed by atoms with van der Waals surface area (Å²) in [6, 6.07) is 10.6. The van der Waals surface area contributed by atoms with Crippen LogP contribution in [0.2, 0.25) is 0 Å². The topological polar surface area (TPSA) is 86.7 Å². The zero-order valence-corrected chi connectivity index (χ0v) is 18.1. The summed E-state index contributed by atoms with van der Waals surface area (Å²) in [5.41, 5.74) is 0.662. The molecule has 0 spiro atoms. The Hall–Kier alpha value is -1.05.